The SMILES string of the molecule is O=C(O)CCCNC(=O)NCC1(c2ccc(Br)cc2)CCC1. The molecular formula is C16H21BrN2O3. The van der Waals surface area contributed by atoms with Crippen LogP contribution in [0.4, 0.5) is 4.79 Å². The molecule has 0 aromatic heterocycles. The molecule has 0 radical (unpaired) electrons. The molecule has 120 valence electrons. The van der Waals surface area contributed by atoms with Crippen LogP contribution in [0.5, 0.6) is 0 Å². The summed E-state index contributed by atoms with van der Waals surface area (Å²) in [6, 6.07) is 8.04. The molecule has 0 atom stereocenters. The Morgan fingerprint density at radius 3 is 2.41 bits per heavy atom. The van der Waals surface area contributed by atoms with E-state index in [1.807, 2.05) is 12.1 Å². The monoisotopic (exact) mass is 368 g/mol. The van der Waals surface area contributed by atoms with Crippen LogP contribution in [0.1, 0.15) is 37.7 Å². The topological polar surface area (TPSA) is 78.4 Å². The second kappa shape index (κ2) is 7.63. The first kappa shape index (κ1) is 16.8. The minimum atomic E-state index is -0.842. The summed E-state index contributed by atoms with van der Waals surface area (Å²) in [6.07, 6.45) is 3.85. The normalized spacial score (nSPS) is 15.7. The first-order chi connectivity index (χ1) is 10.5. The van der Waals surface area contributed by atoms with E-state index in [0.717, 1.165) is 17.3 Å². The van der Waals surface area contributed by atoms with Crippen molar-refractivity contribution in [3.8, 4) is 0 Å². The van der Waals surface area contributed by atoms with Crippen molar-refractivity contribution in [2.24, 2.45) is 0 Å². The van der Waals surface area contributed by atoms with Crippen LogP contribution >= 0.6 is 15.9 Å². The van der Waals surface area contributed by atoms with Crippen molar-refractivity contribution < 1.29 is 14.7 Å². The van der Waals surface area contributed by atoms with Gasteiger partial charge in [-0.05, 0) is 37.0 Å². The molecule has 5 nitrogen and oxygen atoms in total. The van der Waals surface area contributed by atoms with E-state index in [4.69, 9.17) is 5.11 Å². The fraction of sp³-hybridized carbons (Fsp3) is 0.500. The van der Waals surface area contributed by atoms with Crippen molar-refractivity contribution >= 4 is 27.9 Å². The number of amides is 2. The third-order valence-electron chi connectivity index (χ3n) is 4.21. The van der Waals surface area contributed by atoms with Gasteiger partial charge < -0.3 is 15.7 Å². The minimum Gasteiger partial charge on any atom is -0.481 e. The van der Waals surface area contributed by atoms with Crippen LogP contribution in [-0.4, -0.2) is 30.2 Å². The number of carbonyl (C=O) groups is 2. The number of carboxylic acids is 1. The molecule has 0 unspecified atom stereocenters. The average molecular weight is 369 g/mol. The molecule has 22 heavy (non-hydrogen) atoms. The van der Waals surface area contributed by atoms with Gasteiger partial charge in [0.15, 0.2) is 0 Å². The van der Waals surface area contributed by atoms with Gasteiger partial charge in [0.05, 0.1) is 0 Å². The van der Waals surface area contributed by atoms with Gasteiger partial charge in [0.1, 0.15) is 0 Å². The molecule has 1 saturated carbocycles. The molecule has 2 rings (SSSR count). The van der Waals surface area contributed by atoms with Crippen molar-refractivity contribution in [3.05, 3.63) is 34.3 Å². The first-order valence-electron chi connectivity index (χ1n) is 7.51. The summed E-state index contributed by atoms with van der Waals surface area (Å²) >= 11 is 3.44. The van der Waals surface area contributed by atoms with Crippen molar-refractivity contribution in [1.82, 2.24) is 10.6 Å². The molecule has 6 heteroatoms. The number of carboxylic acid groups (broad SMARTS) is 1. The summed E-state index contributed by atoms with van der Waals surface area (Å²) in [5.74, 6) is -0.842. The smallest absolute Gasteiger partial charge is 0.314 e. The maximum Gasteiger partial charge on any atom is 0.314 e. The summed E-state index contributed by atoms with van der Waals surface area (Å²) in [7, 11) is 0. The van der Waals surface area contributed by atoms with E-state index in [2.05, 4.69) is 38.7 Å². The fourth-order valence-corrected chi connectivity index (χ4v) is 2.99. The molecule has 1 fully saturated rings. The predicted octanol–water partition coefficient (Wildman–Crippen LogP) is 3.03. The summed E-state index contributed by atoms with van der Waals surface area (Å²) in [5, 5.41) is 14.2. The van der Waals surface area contributed by atoms with E-state index >= 15 is 0 Å². The van der Waals surface area contributed by atoms with Gasteiger partial charge in [-0.1, -0.05) is 34.5 Å². The van der Waals surface area contributed by atoms with Gasteiger partial charge >= 0.3 is 12.0 Å². The highest BCUT2D eigenvalue weighted by atomic mass is 79.9. The third-order valence-corrected chi connectivity index (χ3v) is 4.74. The van der Waals surface area contributed by atoms with E-state index < -0.39 is 5.97 Å². The Morgan fingerprint density at radius 2 is 1.86 bits per heavy atom. The van der Waals surface area contributed by atoms with Crippen LogP contribution in [0.2, 0.25) is 0 Å². The molecule has 0 bridgehead atoms. The van der Waals surface area contributed by atoms with E-state index in [1.165, 1.54) is 12.0 Å². The quantitative estimate of drug-likeness (QED) is 0.647. The number of nitrogens with one attached hydrogen (secondary N) is 2. The Labute approximate surface area is 138 Å². The average Bonchev–Trinajstić information content (AvgIpc) is 2.44. The molecule has 2 amide bonds. The highest BCUT2D eigenvalue weighted by Crippen LogP contribution is 2.43. The van der Waals surface area contributed by atoms with E-state index in [0.29, 0.717) is 19.5 Å². The van der Waals surface area contributed by atoms with Crippen LogP contribution < -0.4 is 10.6 Å². The van der Waals surface area contributed by atoms with Crippen LogP contribution in [-0.2, 0) is 10.2 Å². The summed E-state index contributed by atoms with van der Waals surface area (Å²) in [4.78, 5) is 22.2. The van der Waals surface area contributed by atoms with Gasteiger partial charge in [-0.25, -0.2) is 4.79 Å². The van der Waals surface area contributed by atoms with Crippen molar-refractivity contribution in [2.45, 2.75) is 37.5 Å². The van der Waals surface area contributed by atoms with Crippen LogP contribution in [0, 0.1) is 0 Å². The fourth-order valence-electron chi connectivity index (χ4n) is 2.73. The zero-order valence-electron chi connectivity index (χ0n) is 12.4. The van der Waals surface area contributed by atoms with Crippen molar-refractivity contribution in [1.29, 1.82) is 0 Å². The maximum absolute atomic E-state index is 11.8. The van der Waals surface area contributed by atoms with Gasteiger partial charge in [-0.3, -0.25) is 4.79 Å². The second-order valence-corrected chi connectivity index (χ2v) is 6.66. The van der Waals surface area contributed by atoms with Crippen LogP contribution in [0.15, 0.2) is 28.7 Å². The van der Waals surface area contributed by atoms with Crippen molar-refractivity contribution in [2.75, 3.05) is 13.1 Å². The number of benzene rings is 1. The Morgan fingerprint density at radius 1 is 1.18 bits per heavy atom. The molecule has 1 aromatic rings. The lowest BCUT2D eigenvalue weighted by atomic mass is 9.64. The second-order valence-electron chi connectivity index (χ2n) is 5.75. The van der Waals surface area contributed by atoms with Gasteiger partial charge in [0, 0.05) is 29.4 Å². The minimum absolute atomic E-state index is 0.0408. The molecule has 1 aliphatic rings. The largest absolute Gasteiger partial charge is 0.481 e. The zero-order valence-corrected chi connectivity index (χ0v) is 14.0. The summed E-state index contributed by atoms with van der Waals surface area (Å²) in [5.41, 5.74) is 1.30. The van der Waals surface area contributed by atoms with Gasteiger partial charge in [0.2, 0.25) is 0 Å². The molecule has 0 aliphatic heterocycles. The number of halogens is 1. The number of aliphatic carboxylic acids is 1. The standard InChI is InChI=1S/C16H21BrN2O3/c17-13-6-4-12(5-7-13)16(8-2-9-16)11-19-15(22)18-10-1-3-14(20)21/h4-7H,1-3,8-11H2,(H,20,21)(H2,18,19,22). The van der Waals surface area contributed by atoms with Crippen LogP contribution in [0.25, 0.3) is 0 Å². The van der Waals surface area contributed by atoms with Gasteiger partial charge in [-0.15, -0.1) is 0 Å². The van der Waals surface area contributed by atoms with Crippen molar-refractivity contribution in [3.63, 3.8) is 0 Å². The van der Waals surface area contributed by atoms with E-state index in [9.17, 15) is 9.59 Å². The predicted molar refractivity (Wildman–Crippen MR) is 87.9 cm³/mol. The molecule has 1 aliphatic carbocycles. The van der Waals surface area contributed by atoms with E-state index in [-0.39, 0.29) is 17.9 Å². The third kappa shape index (κ3) is 4.47. The van der Waals surface area contributed by atoms with Gasteiger partial charge in [0.25, 0.3) is 0 Å². The van der Waals surface area contributed by atoms with E-state index in [1.54, 1.807) is 0 Å². The number of urea groups is 1. The molecule has 0 heterocycles. The molecule has 0 saturated heterocycles. The molecular weight excluding hydrogens is 348 g/mol. The number of rotatable bonds is 7. The number of hydrogen-bond donors (Lipinski definition) is 3. The lowest BCUT2D eigenvalue weighted by molar-refractivity contribution is -0.137. The number of carbonyl (C=O) groups excluding carboxylic acids is 1. The zero-order chi connectivity index (χ0) is 16.0. The highest BCUT2D eigenvalue weighted by molar-refractivity contribution is 9.10. The summed E-state index contributed by atoms with van der Waals surface area (Å²) in [6.45, 7) is 0.989. The Bertz CT molecular complexity index is 527. The number of hydrogen-bond acceptors (Lipinski definition) is 2. The van der Waals surface area contributed by atoms with Gasteiger partial charge in [-0.2, -0.15) is 0 Å². The highest BCUT2D eigenvalue weighted by Gasteiger charge is 2.38. The lowest BCUT2D eigenvalue weighted by Gasteiger charge is -2.42. The molecule has 0 spiro atoms. The Kier molecular flexibility index (Phi) is 5.83. The first-order valence-corrected chi connectivity index (χ1v) is 8.31. The Hall–Kier alpha value is -1.56. The molecule has 1 aromatic carbocycles. The lowest BCUT2D eigenvalue weighted by Crippen LogP contribution is -2.48. The molecule has 3 N–H and O–H groups in total. The van der Waals surface area contributed by atoms with Crippen LogP contribution in [0.3, 0.4) is 0 Å². The maximum atomic E-state index is 11.8. The Balaban J connectivity index is 1.80. The summed E-state index contributed by atoms with van der Waals surface area (Å²) < 4.78 is 1.05.